The van der Waals surface area contributed by atoms with Crippen LogP contribution in [0.25, 0.3) is 10.2 Å². The van der Waals surface area contributed by atoms with Crippen molar-refractivity contribution in [2.75, 3.05) is 25.3 Å². The number of rotatable bonds is 7. The number of para-hydroxylation sites is 1. The highest BCUT2D eigenvalue weighted by molar-refractivity contribution is 8.00. The SMILES string of the molecule is CO/N=C(/c1nc2c(OC)cccc2s1)C1CCC(N(Cc2ccc3c(n2)NC(=O)CS3)C(=O)OC(C)(C)C)CC1. The van der Waals surface area contributed by atoms with Crippen LogP contribution in [0.1, 0.15) is 57.2 Å². The maximum Gasteiger partial charge on any atom is 0.410 e. The summed E-state index contributed by atoms with van der Waals surface area (Å²) in [5.41, 5.74) is 1.70. The molecule has 0 atom stereocenters. The number of pyridine rings is 1. The Balaban J connectivity index is 1.35. The topological polar surface area (TPSA) is 115 Å². The van der Waals surface area contributed by atoms with E-state index in [1.807, 2.05) is 51.1 Å². The van der Waals surface area contributed by atoms with Crippen molar-refractivity contribution in [2.24, 2.45) is 11.1 Å². The molecule has 12 heteroatoms. The van der Waals surface area contributed by atoms with E-state index in [0.29, 0.717) is 17.3 Å². The summed E-state index contributed by atoms with van der Waals surface area (Å²) in [5.74, 6) is 1.71. The van der Waals surface area contributed by atoms with Gasteiger partial charge in [0.05, 0.1) is 34.7 Å². The molecule has 1 saturated carbocycles. The lowest BCUT2D eigenvalue weighted by Crippen LogP contribution is -2.45. The first-order valence-electron chi connectivity index (χ1n) is 13.6. The molecule has 1 aliphatic heterocycles. The number of aromatic nitrogens is 2. The molecule has 1 fully saturated rings. The fourth-order valence-corrected chi connectivity index (χ4v) is 6.97. The maximum absolute atomic E-state index is 13.4. The zero-order valence-corrected chi connectivity index (χ0v) is 25.6. The van der Waals surface area contributed by atoms with Crippen LogP contribution in [0.4, 0.5) is 10.6 Å². The van der Waals surface area contributed by atoms with E-state index in [9.17, 15) is 9.59 Å². The fourth-order valence-electron chi connectivity index (χ4n) is 5.18. The van der Waals surface area contributed by atoms with Crippen LogP contribution in [0.5, 0.6) is 5.75 Å². The number of carbonyl (C=O) groups excluding carboxylic acids is 2. The highest BCUT2D eigenvalue weighted by Gasteiger charge is 2.35. The fraction of sp³-hybridized carbons (Fsp3) is 0.483. The number of nitrogens with zero attached hydrogens (tertiary/aromatic N) is 4. The van der Waals surface area contributed by atoms with Crippen LogP contribution in [0.3, 0.4) is 0 Å². The van der Waals surface area contributed by atoms with Crippen molar-refractivity contribution in [2.45, 2.75) is 69.5 Å². The smallest absolute Gasteiger partial charge is 0.410 e. The number of benzene rings is 1. The number of fused-ring (bicyclic) bond motifs is 2. The van der Waals surface area contributed by atoms with Gasteiger partial charge >= 0.3 is 6.09 Å². The Hall–Kier alpha value is -3.38. The Labute approximate surface area is 247 Å². The highest BCUT2D eigenvalue weighted by atomic mass is 32.2. The Kier molecular flexibility index (Phi) is 8.69. The summed E-state index contributed by atoms with van der Waals surface area (Å²) in [5, 5.41) is 8.07. The van der Waals surface area contributed by atoms with Gasteiger partial charge in [-0.1, -0.05) is 11.2 Å². The molecule has 218 valence electrons. The first-order chi connectivity index (χ1) is 19.6. The lowest BCUT2D eigenvalue weighted by Gasteiger charge is -2.37. The van der Waals surface area contributed by atoms with E-state index in [2.05, 4.69) is 15.5 Å². The molecule has 0 unspecified atom stereocenters. The van der Waals surface area contributed by atoms with E-state index in [0.717, 1.165) is 57.3 Å². The third-order valence-electron chi connectivity index (χ3n) is 7.03. The van der Waals surface area contributed by atoms with Crippen LogP contribution in [0.2, 0.25) is 0 Å². The minimum absolute atomic E-state index is 0.0397. The number of anilines is 1. The van der Waals surface area contributed by atoms with Crippen LogP contribution in [0, 0.1) is 5.92 Å². The zero-order chi connectivity index (χ0) is 29.1. The predicted octanol–water partition coefficient (Wildman–Crippen LogP) is 6.09. The van der Waals surface area contributed by atoms with E-state index in [4.69, 9.17) is 19.3 Å². The van der Waals surface area contributed by atoms with E-state index in [-0.39, 0.29) is 30.5 Å². The number of hydrogen-bond acceptors (Lipinski definition) is 10. The summed E-state index contributed by atoms with van der Waals surface area (Å²) in [4.78, 5) is 42.8. The van der Waals surface area contributed by atoms with Gasteiger partial charge in [-0.25, -0.2) is 14.8 Å². The van der Waals surface area contributed by atoms with Gasteiger partial charge in [-0.05, 0) is 70.7 Å². The molecule has 3 aromatic rings. The molecule has 1 aliphatic carbocycles. The second-order valence-electron chi connectivity index (χ2n) is 11.1. The van der Waals surface area contributed by atoms with E-state index >= 15 is 0 Å². The van der Waals surface area contributed by atoms with Crippen molar-refractivity contribution in [3.05, 3.63) is 41.0 Å². The monoisotopic (exact) mass is 597 g/mol. The van der Waals surface area contributed by atoms with E-state index in [1.165, 1.54) is 11.8 Å². The first-order valence-corrected chi connectivity index (χ1v) is 15.4. The Morgan fingerprint density at radius 2 is 1.90 bits per heavy atom. The van der Waals surface area contributed by atoms with E-state index in [1.54, 1.807) is 30.5 Å². The number of methoxy groups -OCH3 is 1. The van der Waals surface area contributed by atoms with Crippen LogP contribution in [-0.4, -0.2) is 64.2 Å². The Bertz CT molecular complexity index is 1460. The molecule has 2 aliphatic rings. The number of ether oxygens (including phenoxy) is 2. The minimum atomic E-state index is -0.632. The molecule has 1 N–H and O–H groups in total. The molecule has 0 saturated heterocycles. The summed E-state index contributed by atoms with van der Waals surface area (Å²) in [6.07, 6.45) is 2.77. The normalized spacial score (nSPS) is 19.3. The molecule has 2 amide bonds. The van der Waals surface area contributed by atoms with Gasteiger partial charge in [-0.15, -0.1) is 23.1 Å². The van der Waals surface area contributed by atoms with Gasteiger partial charge in [0.2, 0.25) is 5.91 Å². The molecule has 0 radical (unpaired) electrons. The average Bonchev–Trinajstić information content (AvgIpc) is 3.38. The van der Waals surface area contributed by atoms with Crippen molar-refractivity contribution >= 4 is 56.8 Å². The molecule has 3 heterocycles. The molecule has 0 spiro atoms. The number of thioether (sulfide) groups is 1. The number of hydrogen-bond donors (Lipinski definition) is 1. The van der Waals surface area contributed by atoms with Gasteiger partial charge in [0, 0.05) is 12.0 Å². The summed E-state index contributed by atoms with van der Waals surface area (Å²) in [6, 6.07) is 9.71. The standard InChI is InChI=1S/C29H35N5O5S2/c1-29(2,3)39-28(36)34(15-18-11-14-22-26(30-18)31-23(35)16-40-22)19-12-9-17(10-13-19)24(33-38-5)27-32-25-20(37-4)7-6-8-21(25)41-27/h6-8,11,14,17,19H,9-10,12-13,15-16H2,1-5H3,(H,30,31,35)/b33-24+. The van der Waals surface area contributed by atoms with Crippen molar-refractivity contribution in [1.82, 2.24) is 14.9 Å². The largest absolute Gasteiger partial charge is 0.494 e. The average molecular weight is 598 g/mol. The second kappa shape index (κ2) is 12.2. The number of thiazole rings is 1. The zero-order valence-electron chi connectivity index (χ0n) is 23.9. The molecule has 0 bridgehead atoms. The number of oxime groups is 1. The summed E-state index contributed by atoms with van der Waals surface area (Å²) in [6.45, 7) is 5.88. The number of carbonyl (C=O) groups is 2. The van der Waals surface area contributed by atoms with Gasteiger partial charge in [0.25, 0.3) is 0 Å². The molecule has 2 aromatic heterocycles. The molecule has 10 nitrogen and oxygen atoms in total. The minimum Gasteiger partial charge on any atom is -0.494 e. The van der Waals surface area contributed by atoms with Gasteiger partial charge in [0.15, 0.2) is 0 Å². The van der Waals surface area contributed by atoms with Crippen molar-refractivity contribution in [3.8, 4) is 5.75 Å². The molecular formula is C29H35N5O5S2. The first kappa shape index (κ1) is 29.1. The van der Waals surface area contributed by atoms with Crippen molar-refractivity contribution < 1.29 is 23.9 Å². The van der Waals surface area contributed by atoms with Gasteiger partial charge in [0.1, 0.15) is 40.5 Å². The lowest BCUT2D eigenvalue weighted by molar-refractivity contribution is -0.113. The highest BCUT2D eigenvalue weighted by Crippen LogP contribution is 2.36. The lowest BCUT2D eigenvalue weighted by atomic mass is 9.82. The Morgan fingerprint density at radius 1 is 1.12 bits per heavy atom. The van der Waals surface area contributed by atoms with Gasteiger partial charge < -0.3 is 19.6 Å². The van der Waals surface area contributed by atoms with Crippen LogP contribution < -0.4 is 10.1 Å². The predicted molar refractivity (Wildman–Crippen MR) is 161 cm³/mol. The quantitative estimate of drug-likeness (QED) is 0.257. The summed E-state index contributed by atoms with van der Waals surface area (Å²) < 4.78 is 12.3. The number of nitrogens with one attached hydrogen (secondary N) is 1. The van der Waals surface area contributed by atoms with Gasteiger partial charge in [-0.3, -0.25) is 9.69 Å². The van der Waals surface area contributed by atoms with Crippen LogP contribution >= 0.6 is 23.1 Å². The van der Waals surface area contributed by atoms with Crippen molar-refractivity contribution in [3.63, 3.8) is 0 Å². The van der Waals surface area contributed by atoms with Gasteiger partial charge in [-0.2, -0.15) is 0 Å². The van der Waals surface area contributed by atoms with E-state index < -0.39 is 5.60 Å². The maximum atomic E-state index is 13.4. The molecule has 1 aromatic carbocycles. The van der Waals surface area contributed by atoms with Crippen LogP contribution in [0.15, 0.2) is 40.4 Å². The summed E-state index contributed by atoms with van der Waals surface area (Å²) in [7, 11) is 3.20. The summed E-state index contributed by atoms with van der Waals surface area (Å²) >= 11 is 3.04. The van der Waals surface area contributed by atoms with Crippen LogP contribution in [-0.2, 0) is 20.9 Å². The molecule has 5 rings (SSSR count). The molecular weight excluding hydrogens is 562 g/mol. The van der Waals surface area contributed by atoms with Crippen molar-refractivity contribution in [1.29, 1.82) is 0 Å². The second-order valence-corrected chi connectivity index (χ2v) is 13.1. The Morgan fingerprint density at radius 3 is 2.61 bits per heavy atom. The third kappa shape index (κ3) is 6.75. The number of amides is 2. The third-order valence-corrected chi connectivity index (χ3v) is 9.12. The molecule has 41 heavy (non-hydrogen) atoms.